The van der Waals surface area contributed by atoms with Gasteiger partial charge in [-0.25, -0.2) is 4.79 Å². The van der Waals surface area contributed by atoms with Crippen molar-refractivity contribution in [1.29, 1.82) is 0 Å². The number of carbonyl (C=O) groups is 2. The molecule has 0 aromatic heterocycles. The second-order valence-electron chi connectivity index (χ2n) is 6.90. The molecule has 25 heavy (non-hydrogen) atoms. The summed E-state index contributed by atoms with van der Waals surface area (Å²) in [6, 6.07) is 9.29. The third kappa shape index (κ3) is 5.19. The zero-order chi connectivity index (χ0) is 17.5. The summed E-state index contributed by atoms with van der Waals surface area (Å²) in [7, 11) is 0. The van der Waals surface area contributed by atoms with Crippen molar-refractivity contribution in [3.63, 3.8) is 0 Å². The van der Waals surface area contributed by atoms with Crippen LogP contribution in [-0.4, -0.2) is 55.6 Å². The summed E-state index contributed by atoms with van der Waals surface area (Å²) in [6.07, 6.45) is 5.25. The van der Waals surface area contributed by atoms with Gasteiger partial charge in [-0.1, -0.05) is 24.6 Å². The quantitative estimate of drug-likeness (QED) is 0.776. The van der Waals surface area contributed by atoms with Crippen molar-refractivity contribution in [2.45, 2.75) is 38.1 Å². The number of likely N-dealkylation sites (tertiary alicyclic amines) is 1. The first-order valence-electron chi connectivity index (χ1n) is 9.34. The Morgan fingerprint density at radius 1 is 1.12 bits per heavy atom. The van der Waals surface area contributed by atoms with Crippen LogP contribution in [-0.2, 0) is 4.79 Å². The fourth-order valence-corrected chi connectivity index (χ4v) is 3.59. The number of anilines is 1. The minimum atomic E-state index is -0.175. The van der Waals surface area contributed by atoms with Crippen molar-refractivity contribution in [2.75, 3.05) is 37.6 Å². The molecule has 0 bridgehead atoms. The van der Waals surface area contributed by atoms with Crippen LogP contribution in [0.3, 0.4) is 0 Å². The number of urea groups is 1. The zero-order valence-electron chi connectivity index (χ0n) is 14.7. The molecule has 3 rings (SSSR count). The summed E-state index contributed by atoms with van der Waals surface area (Å²) >= 11 is 0. The number of benzene rings is 1. The van der Waals surface area contributed by atoms with Gasteiger partial charge < -0.3 is 20.4 Å². The number of hydrogen-bond donors (Lipinski definition) is 2. The molecule has 6 heteroatoms. The molecule has 0 unspecified atom stereocenters. The molecule has 0 spiro atoms. The van der Waals surface area contributed by atoms with Crippen LogP contribution in [0.5, 0.6) is 0 Å². The molecule has 0 aliphatic carbocycles. The first-order valence-corrected chi connectivity index (χ1v) is 9.34. The van der Waals surface area contributed by atoms with Gasteiger partial charge >= 0.3 is 6.03 Å². The molecular formula is C19H28N4O2. The number of hydrogen-bond acceptors (Lipinski definition) is 3. The van der Waals surface area contributed by atoms with E-state index in [2.05, 4.69) is 15.5 Å². The lowest BCUT2D eigenvalue weighted by Crippen LogP contribution is -2.44. The van der Waals surface area contributed by atoms with Gasteiger partial charge in [0.05, 0.1) is 6.04 Å². The summed E-state index contributed by atoms with van der Waals surface area (Å²) in [4.78, 5) is 28.4. The van der Waals surface area contributed by atoms with Crippen LogP contribution in [0.15, 0.2) is 30.3 Å². The average Bonchev–Trinajstić information content (AvgIpc) is 3.00. The normalized spacial score (nSPS) is 21.4. The molecule has 1 aromatic rings. The molecule has 136 valence electrons. The Balaban J connectivity index is 1.35. The van der Waals surface area contributed by atoms with Crippen molar-refractivity contribution < 1.29 is 9.59 Å². The molecule has 2 fully saturated rings. The number of amides is 3. The van der Waals surface area contributed by atoms with Crippen LogP contribution in [0, 0.1) is 0 Å². The van der Waals surface area contributed by atoms with Crippen LogP contribution >= 0.6 is 0 Å². The minimum absolute atomic E-state index is 0.0570. The number of nitrogens with zero attached hydrogens (tertiary/aromatic N) is 2. The number of nitrogens with one attached hydrogen (secondary N) is 2. The Morgan fingerprint density at radius 2 is 1.88 bits per heavy atom. The Labute approximate surface area is 149 Å². The maximum atomic E-state index is 12.2. The molecule has 1 aromatic carbocycles. The fourth-order valence-electron chi connectivity index (χ4n) is 3.59. The number of carbonyl (C=O) groups excluding carboxylic acids is 2. The van der Waals surface area contributed by atoms with E-state index in [0.29, 0.717) is 19.5 Å². The Hall–Kier alpha value is -2.08. The van der Waals surface area contributed by atoms with Gasteiger partial charge in [0, 0.05) is 25.2 Å². The number of piperidine rings is 1. The van der Waals surface area contributed by atoms with Crippen LogP contribution < -0.4 is 15.5 Å². The lowest BCUT2D eigenvalue weighted by molar-refractivity contribution is -0.117. The van der Waals surface area contributed by atoms with Crippen LogP contribution in [0.2, 0.25) is 0 Å². The summed E-state index contributed by atoms with van der Waals surface area (Å²) in [5, 5.41) is 5.83. The smallest absolute Gasteiger partial charge is 0.315 e. The van der Waals surface area contributed by atoms with E-state index >= 15 is 0 Å². The van der Waals surface area contributed by atoms with Gasteiger partial charge in [-0.15, -0.1) is 0 Å². The molecule has 2 aliphatic heterocycles. The van der Waals surface area contributed by atoms with E-state index in [0.717, 1.165) is 18.7 Å². The second kappa shape index (κ2) is 8.85. The van der Waals surface area contributed by atoms with Crippen molar-refractivity contribution >= 4 is 17.6 Å². The van der Waals surface area contributed by atoms with E-state index in [-0.39, 0.29) is 18.0 Å². The highest BCUT2D eigenvalue weighted by atomic mass is 16.2. The Kier molecular flexibility index (Phi) is 6.28. The van der Waals surface area contributed by atoms with Crippen molar-refractivity contribution in [2.24, 2.45) is 0 Å². The minimum Gasteiger partial charge on any atom is -0.338 e. The van der Waals surface area contributed by atoms with Crippen LogP contribution in [0.1, 0.15) is 32.1 Å². The van der Waals surface area contributed by atoms with Gasteiger partial charge in [0.1, 0.15) is 0 Å². The predicted molar refractivity (Wildman–Crippen MR) is 98.6 cm³/mol. The molecule has 2 N–H and O–H groups in total. The molecular weight excluding hydrogens is 316 g/mol. The summed E-state index contributed by atoms with van der Waals surface area (Å²) < 4.78 is 0. The van der Waals surface area contributed by atoms with Crippen LogP contribution in [0.25, 0.3) is 0 Å². The average molecular weight is 344 g/mol. The maximum Gasteiger partial charge on any atom is 0.315 e. The largest absolute Gasteiger partial charge is 0.338 e. The first kappa shape index (κ1) is 17.7. The third-order valence-corrected chi connectivity index (χ3v) is 4.91. The molecule has 6 nitrogen and oxygen atoms in total. The molecule has 0 saturated carbocycles. The SMILES string of the molecule is O=C(NCCCN1CCCCC1)N[C@@H]1CC(=O)N(c2ccccc2)C1. The Bertz CT molecular complexity index is 572. The first-order chi connectivity index (χ1) is 12.2. The van der Waals surface area contributed by atoms with Crippen molar-refractivity contribution in [3.05, 3.63) is 30.3 Å². The second-order valence-corrected chi connectivity index (χ2v) is 6.90. The van der Waals surface area contributed by atoms with Gasteiger partial charge in [-0.05, 0) is 51.0 Å². The van der Waals surface area contributed by atoms with E-state index in [1.807, 2.05) is 30.3 Å². The molecule has 3 amide bonds. The van der Waals surface area contributed by atoms with Gasteiger partial charge in [0.15, 0.2) is 0 Å². The highest BCUT2D eigenvalue weighted by molar-refractivity contribution is 5.96. The molecule has 1 atom stereocenters. The predicted octanol–water partition coefficient (Wildman–Crippen LogP) is 1.97. The van der Waals surface area contributed by atoms with Crippen molar-refractivity contribution in [3.8, 4) is 0 Å². The highest BCUT2D eigenvalue weighted by Crippen LogP contribution is 2.20. The Morgan fingerprint density at radius 3 is 2.64 bits per heavy atom. The number of para-hydroxylation sites is 1. The van der Waals surface area contributed by atoms with E-state index < -0.39 is 0 Å². The molecule has 2 heterocycles. The molecule has 2 saturated heterocycles. The number of rotatable bonds is 6. The highest BCUT2D eigenvalue weighted by Gasteiger charge is 2.31. The third-order valence-electron chi connectivity index (χ3n) is 4.91. The van der Waals surface area contributed by atoms with Gasteiger partial charge in [0.25, 0.3) is 0 Å². The molecule has 2 aliphatic rings. The summed E-state index contributed by atoms with van der Waals surface area (Å²) in [5.74, 6) is 0.0570. The summed E-state index contributed by atoms with van der Waals surface area (Å²) in [5.41, 5.74) is 0.888. The zero-order valence-corrected chi connectivity index (χ0v) is 14.7. The maximum absolute atomic E-state index is 12.2. The lowest BCUT2D eigenvalue weighted by atomic mass is 10.1. The van der Waals surface area contributed by atoms with Crippen molar-refractivity contribution in [1.82, 2.24) is 15.5 Å². The van der Waals surface area contributed by atoms with Gasteiger partial charge in [-0.2, -0.15) is 0 Å². The van der Waals surface area contributed by atoms with E-state index in [9.17, 15) is 9.59 Å². The standard InChI is InChI=1S/C19H28N4O2/c24-18-14-16(15-23(18)17-8-3-1-4-9-17)21-19(25)20-10-7-13-22-11-5-2-6-12-22/h1,3-4,8-9,16H,2,5-7,10-15H2,(H2,20,21,25)/t16-/m1/s1. The van der Waals surface area contributed by atoms with Gasteiger partial charge in [0.2, 0.25) is 5.91 Å². The van der Waals surface area contributed by atoms with E-state index in [1.165, 1.54) is 32.4 Å². The fraction of sp³-hybridized carbons (Fsp3) is 0.579. The van der Waals surface area contributed by atoms with Crippen LogP contribution in [0.4, 0.5) is 10.5 Å². The monoisotopic (exact) mass is 344 g/mol. The van der Waals surface area contributed by atoms with Gasteiger partial charge in [-0.3, -0.25) is 4.79 Å². The summed E-state index contributed by atoms with van der Waals surface area (Å²) in [6.45, 7) is 4.62. The molecule has 0 radical (unpaired) electrons. The topological polar surface area (TPSA) is 64.7 Å². The van der Waals surface area contributed by atoms with E-state index in [1.54, 1.807) is 4.90 Å². The lowest BCUT2D eigenvalue weighted by Gasteiger charge is -2.26. The van der Waals surface area contributed by atoms with E-state index in [4.69, 9.17) is 0 Å².